The first kappa shape index (κ1) is 32.0. The number of hydrogen-bond acceptors (Lipinski definition) is 5. The van der Waals surface area contributed by atoms with Crippen molar-refractivity contribution in [1.82, 2.24) is 10.2 Å². The zero-order valence-electron chi connectivity index (χ0n) is 24.1. The van der Waals surface area contributed by atoms with Gasteiger partial charge in [0.25, 0.3) is 10.0 Å². The van der Waals surface area contributed by atoms with E-state index < -0.39 is 28.5 Å². The van der Waals surface area contributed by atoms with Gasteiger partial charge in [-0.3, -0.25) is 13.9 Å². The fourth-order valence-electron chi connectivity index (χ4n) is 4.45. The van der Waals surface area contributed by atoms with Crippen LogP contribution in [-0.2, 0) is 26.0 Å². The molecule has 41 heavy (non-hydrogen) atoms. The van der Waals surface area contributed by atoms with Gasteiger partial charge in [0.15, 0.2) is 0 Å². The van der Waals surface area contributed by atoms with Crippen molar-refractivity contribution in [3.05, 3.63) is 88.9 Å². The van der Waals surface area contributed by atoms with Gasteiger partial charge in [-0.15, -0.1) is 0 Å². The zero-order chi connectivity index (χ0) is 30.2. The van der Waals surface area contributed by atoms with Crippen LogP contribution in [0, 0.1) is 6.92 Å². The van der Waals surface area contributed by atoms with Gasteiger partial charge in [-0.05, 0) is 69.5 Å². The van der Waals surface area contributed by atoms with Gasteiger partial charge in [0.2, 0.25) is 11.8 Å². The molecule has 0 bridgehead atoms. The molecule has 3 aromatic rings. The largest absolute Gasteiger partial charge is 0.495 e. The highest BCUT2D eigenvalue weighted by atomic mass is 35.5. The molecule has 10 heteroatoms. The first-order valence-electron chi connectivity index (χ1n) is 13.5. The summed E-state index contributed by atoms with van der Waals surface area (Å²) in [5.74, 6) is -0.422. The summed E-state index contributed by atoms with van der Waals surface area (Å²) < 4.78 is 34.2. The average molecular weight is 600 g/mol. The molecule has 0 aromatic heterocycles. The summed E-state index contributed by atoms with van der Waals surface area (Å²) in [5.41, 5.74) is 2.09. The Labute approximate surface area is 248 Å². The lowest BCUT2D eigenvalue weighted by Crippen LogP contribution is -2.54. The number of halogens is 1. The van der Waals surface area contributed by atoms with Crippen molar-refractivity contribution in [3.63, 3.8) is 0 Å². The molecule has 0 radical (unpaired) electrons. The molecule has 0 aliphatic carbocycles. The molecule has 0 unspecified atom stereocenters. The van der Waals surface area contributed by atoms with E-state index in [0.29, 0.717) is 18.6 Å². The molecule has 0 aliphatic heterocycles. The number of ether oxygens (including phenoxy) is 1. The van der Waals surface area contributed by atoms with Crippen molar-refractivity contribution in [2.75, 3.05) is 24.5 Å². The summed E-state index contributed by atoms with van der Waals surface area (Å²) in [5, 5.41) is 3.10. The van der Waals surface area contributed by atoms with Crippen LogP contribution in [0.3, 0.4) is 0 Å². The third kappa shape index (κ3) is 8.24. The van der Waals surface area contributed by atoms with Gasteiger partial charge < -0.3 is 15.0 Å². The van der Waals surface area contributed by atoms with Crippen LogP contribution in [0.25, 0.3) is 0 Å². The Bertz CT molecular complexity index is 1430. The molecule has 8 nitrogen and oxygen atoms in total. The monoisotopic (exact) mass is 599 g/mol. The Kier molecular flexibility index (Phi) is 11.2. The van der Waals surface area contributed by atoms with Crippen LogP contribution in [0.4, 0.5) is 5.69 Å². The van der Waals surface area contributed by atoms with Gasteiger partial charge in [-0.1, -0.05) is 66.6 Å². The minimum absolute atomic E-state index is 0.0308. The number of carbonyl (C=O) groups is 2. The molecular formula is C31H38ClN3O5S. The van der Waals surface area contributed by atoms with Crippen molar-refractivity contribution in [2.45, 2.75) is 57.5 Å². The fourth-order valence-corrected chi connectivity index (χ4v) is 6.11. The van der Waals surface area contributed by atoms with Crippen molar-refractivity contribution in [2.24, 2.45) is 0 Å². The minimum Gasteiger partial charge on any atom is -0.495 e. The number of nitrogens with zero attached hydrogens (tertiary/aromatic N) is 2. The summed E-state index contributed by atoms with van der Waals surface area (Å²) >= 11 is 6.38. The Morgan fingerprint density at radius 3 is 2.22 bits per heavy atom. The molecule has 2 amide bonds. The van der Waals surface area contributed by atoms with E-state index in [0.717, 1.165) is 15.4 Å². The van der Waals surface area contributed by atoms with E-state index in [1.54, 1.807) is 24.3 Å². The third-order valence-corrected chi connectivity index (χ3v) is 8.70. The second kappa shape index (κ2) is 14.4. The molecule has 0 saturated heterocycles. The molecule has 0 fully saturated rings. The van der Waals surface area contributed by atoms with Gasteiger partial charge in [-0.25, -0.2) is 8.42 Å². The highest BCUT2D eigenvalue weighted by molar-refractivity contribution is 7.92. The number of carbonyl (C=O) groups excluding carboxylic acids is 2. The van der Waals surface area contributed by atoms with Gasteiger partial charge in [-0.2, -0.15) is 0 Å². The van der Waals surface area contributed by atoms with Crippen LogP contribution in [-0.4, -0.2) is 57.4 Å². The van der Waals surface area contributed by atoms with Crippen molar-refractivity contribution in [1.29, 1.82) is 0 Å². The van der Waals surface area contributed by atoms with Gasteiger partial charge >= 0.3 is 0 Å². The Hall–Kier alpha value is -3.56. The quantitative estimate of drug-likeness (QED) is 0.290. The van der Waals surface area contributed by atoms with E-state index >= 15 is 0 Å². The number of hydrogen-bond donors (Lipinski definition) is 1. The highest BCUT2D eigenvalue weighted by Crippen LogP contribution is 2.32. The molecule has 0 heterocycles. The van der Waals surface area contributed by atoms with E-state index in [1.165, 1.54) is 30.2 Å². The first-order chi connectivity index (χ1) is 19.5. The maximum absolute atomic E-state index is 14.1. The van der Waals surface area contributed by atoms with Crippen LogP contribution in [0.1, 0.15) is 38.3 Å². The Morgan fingerprint density at radius 1 is 1.00 bits per heavy atom. The third-order valence-electron chi connectivity index (χ3n) is 6.61. The first-order valence-corrected chi connectivity index (χ1v) is 15.4. The number of benzene rings is 3. The predicted octanol–water partition coefficient (Wildman–Crippen LogP) is 5.23. The minimum atomic E-state index is -4.19. The summed E-state index contributed by atoms with van der Waals surface area (Å²) in [7, 11) is -2.73. The van der Waals surface area contributed by atoms with E-state index in [1.807, 2.05) is 58.0 Å². The van der Waals surface area contributed by atoms with E-state index in [4.69, 9.17) is 16.3 Å². The van der Waals surface area contributed by atoms with Crippen LogP contribution < -0.4 is 14.4 Å². The normalized spacial score (nSPS) is 12.1. The van der Waals surface area contributed by atoms with Crippen LogP contribution in [0.15, 0.2) is 77.7 Å². The van der Waals surface area contributed by atoms with Crippen molar-refractivity contribution >= 4 is 39.1 Å². The molecular weight excluding hydrogens is 562 g/mol. The SMILES string of the molecule is CC[C@H](C(=O)NC(C)C)N(CCc1ccccc1)C(=O)CN(c1ccc(OC)c(Cl)c1)S(=O)(=O)c1ccc(C)cc1. The number of sulfonamides is 1. The summed E-state index contributed by atoms with van der Waals surface area (Å²) in [6.45, 7) is 7.10. The Morgan fingerprint density at radius 2 is 1.66 bits per heavy atom. The van der Waals surface area contributed by atoms with Gasteiger partial charge in [0.05, 0.1) is 22.7 Å². The van der Waals surface area contributed by atoms with Crippen LogP contribution in [0.2, 0.25) is 5.02 Å². The lowest BCUT2D eigenvalue weighted by molar-refractivity contribution is -0.139. The van der Waals surface area contributed by atoms with Gasteiger partial charge in [0, 0.05) is 12.6 Å². The topological polar surface area (TPSA) is 96.0 Å². The second-order valence-corrected chi connectivity index (χ2v) is 12.3. The summed E-state index contributed by atoms with van der Waals surface area (Å²) in [6.07, 6.45) is 0.856. The molecule has 0 spiro atoms. The van der Waals surface area contributed by atoms with E-state index in [9.17, 15) is 18.0 Å². The summed E-state index contributed by atoms with van der Waals surface area (Å²) in [4.78, 5) is 28.8. The number of aryl methyl sites for hydroxylation is 1. The molecule has 0 aliphatic rings. The molecule has 1 atom stereocenters. The summed E-state index contributed by atoms with van der Waals surface area (Å²) in [6, 6.07) is 19.7. The van der Waals surface area contributed by atoms with Gasteiger partial charge in [0.1, 0.15) is 18.3 Å². The standard InChI is InChI=1S/C31H38ClN3O5S/c1-6-28(31(37)33-22(2)3)34(19-18-24-10-8-7-9-11-24)30(36)21-35(25-14-17-29(40-5)27(32)20-25)41(38,39)26-15-12-23(4)13-16-26/h7-17,20,22,28H,6,18-19,21H2,1-5H3,(H,33,37)/t28-/m1/s1. The number of anilines is 1. The van der Waals surface area contributed by atoms with Crippen molar-refractivity contribution < 1.29 is 22.7 Å². The number of nitrogens with one attached hydrogen (secondary N) is 1. The smallest absolute Gasteiger partial charge is 0.264 e. The number of amides is 2. The van der Waals surface area contributed by atoms with E-state index in [2.05, 4.69) is 5.32 Å². The lowest BCUT2D eigenvalue weighted by Gasteiger charge is -2.33. The maximum Gasteiger partial charge on any atom is 0.264 e. The predicted molar refractivity (Wildman–Crippen MR) is 163 cm³/mol. The fraction of sp³-hybridized carbons (Fsp3) is 0.355. The van der Waals surface area contributed by atoms with E-state index in [-0.39, 0.29) is 34.1 Å². The van der Waals surface area contributed by atoms with Crippen LogP contribution in [0.5, 0.6) is 5.75 Å². The Balaban J connectivity index is 2.05. The molecule has 3 rings (SSSR count). The highest BCUT2D eigenvalue weighted by Gasteiger charge is 2.33. The number of methoxy groups -OCH3 is 1. The molecule has 0 saturated carbocycles. The second-order valence-electron chi connectivity index (χ2n) is 10.1. The number of rotatable bonds is 13. The van der Waals surface area contributed by atoms with Crippen molar-refractivity contribution in [3.8, 4) is 5.75 Å². The molecule has 3 aromatic carbocycles. The maximum atomic E-state index is 14.1. The van der Waals surface area contributed by atoms with Crippen LogP contribution >= 0.6 is 11.6 Å². The lowest BCUT2D eigenvalue weighted by atomic mass is 10.1. The average Bonchev–Trinajstić information content (AvgIpc) is 2.94. The molecule has 1 N–H and O–H groups in total. The zero-order valence-corrected chi connectivity index (χ0v) is 25.7. The molecule has 220 valence electrons.